The molecular formula is C18H38N4O. The van der Waals surface area contributed by atoms with Crippen LogP contribution in [-0.2, 0) is 4.74 Å². The molecule has 0 aromatic carbocycles. The average Bonchev–Trinajstić information content (AvgIpc) is 2.53. The SMILES string of the molecule is CCNC(=NCC(C)(C)N(C)C)NCCCOC1CCCCC1. The number of nitrogens with zero attached hydrogens (tertiary/aromatic N) is 2. The standard InChI is InChI=1S/C18H38N4O/c1-6-19-17(21-15-18(2,3)22(4)5)20-13-10-14-23-16-11-8-7-9-12-16/h16H,6-15H2,1-5H3,(H2,19,20,21). The molecule has 0 atom stereocenters. The monoisotopic (exact) mass is 326 g/mol. The lowest BCUT2D eigenvalue weighted by Gasteiger charge is -2.31. The minimum Gasteiger partial charge on any atom is -0.378 e. The molecule has 0 amide bonds. The zero-order valence-electron chi connectivity index (χ0n) is 16.0. The minimum absolute atomic E-state index is 0.0619. The van der Waals surface area contributed by atoms with Gasteiger partial charge in [0.05, 0.1) is 12.6 Å². The summed E-state index contributed by atoms with van der Waals surface area (Å²) in [6, 6.07) is 0. The molecular weight excluding hydrogens is 288 g/mol. The average molecular weight is 327 g/mol. The topological polar surface area (TPSA) is 48.9 Å². The van der Waals surface area contributed by atoms with Gasteiger partial charge in [0, 0.05) is 25.2 Å². The number of nitrogens with one attached hydrogen (secondary N) is 2. The van der Waals surface area contributed by atoms with Crippen LogP contribution in [0.1, 0.15) is 59.3 Å². The van der Waals surface area contributed by atoms with E-state index >= 15 is 0 Å². The predicted molar refractivity (Wildman–Crippen MR) is 99.2 cm³/mol. The number of hydrogen-bond donors (Lipinski definition) is 2. The second-order valence-electron chi connectivity index (χ2n) is 7.31. The lowest BCUT2D eigenvalue weighted by atomic mass is 9.98. The highest BCUT2D eigenvalue weighted by Gasteiger charge is 2.19. The second-order valence-corrected chi connectivity index (χ2v) is 7.31. The van der Waals surface area contributed by atoms with Crippen LogP contribution in [0.2, 0.25) is 0 Å². The fourth-order valence-electron chi connectivity index (χ4n) is 2.52. The summed E-state index contributed by atoms with van der Waals surface area (Å²) in [5.74, 6) is 0.903. The van der Waals surface area contributed by atoms with Crippen molar-refractivity contribution in [2.24, 2.45) is 4.99 Å². The normalized spacial score (nSPS) is 17.6. The van der Waals surface area contributed by atoms with Crippen LogP contribution in [0.3, 0.4) is 0 Å². The van der Waals surface area contributed by atoms with Crippen molar-refractivity contribution in [2.45, 2.75) is 70.9 Å². The molecule has 0 unspecified atom stereocenters. The fraction of sp³-hybridized carbons (Fsp3) is 0.944. The third-order valence-electron chi connectivity index (χ3n) is 4.70. The first-order valence-corrected chi connectivity index (χ1v) is 9.27. The summed E-state index contributed by atoms with van der Waals surface area (Å²) in [5.41, 5.74) is 0.0619. The van der Waals surface area contributed by atoms with E-state index in [9.17, 15) is 0 Å². The lowest BCUT2D eigenvalue weighted by molar-refractivity contribution is 0.0277. The smallest absolute Gasteiger partial charge is 0.191 e. The molecule has 0 saturated heterocycles. The molecule has 136 valence electrons. The molecule has 0 aliphatic heterocycles. The summed E-state index contributed by atoms with van der Waals surface area (Å²) in [5, 5.41) is 6.72. The maximum atomic E-state index is 5.96. The van der Waals surface area contributed by atoms with Gasteiger partial charge in [0.15, 0.2) is 5.96 Å². The molecule has 0 bridgehead atoms. The van der Waals surface area contributed by atoms with Crippen LogP contribution in [0.25, 0.3) is 0 Å². The molecule has 1 saturated carbocycles. The zero-order chi connectivity index (χ0) is 17.1. The summed E-state index contributed by atoms with van der Waals surface area (Å²) in [4.78, 5) is 6.91. The second kappa shape index (κ2) is 10.9. The molecule has 5 heteroatoms. The Kier molecular flexibility index (Phi) is 9.56. The van der Waals surface area contributed by atoms with Crippen molar-refractivity contribution in [1.29, 1.82) is 0 Å². The molecule has 0 heterocycles. The summed E-state index contributed by atoms with van der Waals surface area (Å²) in [7, 11) is 4.19. The minimum atomic E-state index is 0.0619. The lowest BCUT2D eigenvalue weighted by Crippen LogP contribution is -2.44. The molecule has 0 spiro atoms. The van der Waals surface area contributed by atoms with Gasteiger partial charge in [-0.2, -0.15) is 0 Å². The first-order valence-electron chi connectivity index (χ1n) is 9.27. The number of hydrogen-bond acceptors (Lipinski definition) is 3. The molecule has 2 N–H and O–H groups in total. The van der Waals surface area contributed by atoms with E-state index in [0.717, 1.165) is 38.6 Å². The van der Waals surface area contributed by atoms with Gasteiger partial charge >= 0.3 is 0 Å². The van der Waals surface area contributed by atoms with E-state index in [1.165, 1.54) is 32.1 Å². The Hall–Kier alpha value is -0.810. The number of likely N-dealkylation sites (N-methyl/N-ethyl adjacent to an activating group) is 1. The van der Waals surface area contributed by atoms with E-state index < -0.39 is 0 Å². The van der Waals surface area contributed by atoms with E-state index in [2.05, 4.69) is 50.4 Å². The molecule has 1 aliphatic rings. The molecule has 0 radical (unpaired) electrons. The molecule has 23 heavy (non-hydrogen) atoms. The van der Waals surface area contributed by atoms with E-state index in [4.69, 9.17) is 9.73 Å². The van der Waals surface area contributed by atoms with Gasteiger partial charge < -0.3 is 20.3 Å². The third-order valence-corrected chi connectivity index (χ3v) is 4.70. The van der Waals surface area contributed by atoms with Crippen LogP contribution in [0.5, 0.6) is 0 Å². The largest absolute Gasteiger partial charge is 0.378 e. The van der Waals surface area contributed by atoms with E-state index in [0.29, 0.717) is 6.10 Å². The number of guanidine groups is 1. The van der Waals surface area contributed by atoms with Gasteiger partial charge in [0.1, 0.15) is 0 Å². The van der Waals surface area contributed by atoms with E-state index in [1.54, 1.807) is 0 Å². The molecule has 0 aromatic rings. The Morgan fingerprint density at radius 1 is 1.17 bits per heavy atom. The Labute approximate surface area is 143 Å². The van der Waals surface area contributed by atoms with Crippen LogP contribution in [0.4, 0.5) is 0 Å². The Morgan fingerprint density at radius 3 is 2.48 bits per heavy atom. The molecule has 1 fully saturated rings. The van der Waals surface area contributed by atoms with Crippen molar-refractivity contribution < 1.29 is 4.74 Å². The molecule has 0 aromatic heterocycles. The number of aliphatic imine (C=N–C) groups is 1. The number of ether oxygens (including phenoxy) is 1. The van der Waals surface area contributed by atoms with E-state index in [-0.39, 0.29) is 5.54 Å². The van der Waals surface area contributed by atoms with Crippen molar-refractivity contribution in [3.8, 4) is 0 Å². The van der Waals surface area contributed by atoms with Crippen LogP contribution < -0.4 is 10.6 Å². The van der Waals surface area contributed by atoms with Crippen molar-refractivity contribution in [3.05, 3.63) is 0 Å². The first kappa shape index (κ1) is 20.2. The van der Waals surface area contributed by atoms with Crippen LogP contribution in [0, 0.1) is 0 Å². The van der Waals surface area contributed by atoms with Gasteiger partial charge in [0.25, 0.3) is 0 Å². The van der Waals surface area contributed by atoms with Crippen LogP contribution in [-0.4, -0.2) is 62.8 Å². The van der Waals surface area contributed by atoms with Gasteiger partial charge in [-0.05, 0) is 54.1 Å². The summed E-state index contributed by atoms with van der Waals surface area (Å²) >= 11 is 0. The van der Waals surface area contributed by atoms with Gasteiger partial charge in [-0.15, -0.1) is 0 Å². The predicted octanol–water partition coefficient (Wildman–Crippen LogP) is 2.62. The highest BCUT2D eigenvalue weighted by Crippen LogP contribution is 2.20. The summed E-state index contributed by atoms with van der Waals surface area (Å²) in [6.07, 6.45) is 8.08. The first-order chi connectivity index (χ1) is 11.0. The highest BCUT2D eigenvalue weighted by atomic mass is 16.5. The maximum Gasteiger partial charge on any atom is 0.191 e. The van der Waals surface area contributed by atoms with Crippen LogP contribution in [0.15, 0.2) is 4.99 Å². The maximum absolute atomic E-state index is 5.96. The Bertz CT molecular complexity index is 336. The van der Waals surface area contributed by atoms with Crippen molar-refractivity contribution in [1.82, 2.24) is 15.5 Å². The van der Waals surface area contributed by atoms with Crippen LogP contribution >= 0.6 is 0 Å². The Balaban J connectivity index is 2.24. The van der Waals surface area contributed by atoms with Crippen molar-refractivity contribution in [3.63, 3.8) is 0 Å². The van der Waals surface area contributed by atoms with Gasteiger partial charge in [0.2, 0.25) is 0 Å². The fourth-order valence-corrected chi connectivity index (χ4v) is 2.52. The number of rotatable bonds is 9. The summed E-state index contributed by atoms with van der Waals surface area (Å²) in [6.45, 7) is 9.92. The molecule has 1 rings (SSSR count). The zero-order valence-corrected chi connectivity index (χ0v) is 16.0. The quantitative estimate of drug-likeness (QED) is 0.388. The van der Waals surface area contributed by atoms with Gasteiger partial charge in [-0.3, -0.25) is 4.99 Å². The van der Waals surface area contributed by atoms with Crippen molar-refractivity contribution >= 4 is 5.96 Å². The summed E-state index contributed by atoms with van der Waals surface area (Å²) < 4.78 is 5.96. The van der Waals surface area contributed by atoms with Gasteiger partial charge in [-0.1, -0.05) is 19.3 Å². The van der Waals surface area contributed by atoms with Gasteiger partial charge in [-0.25, -0.2) is 0 Å². The Morgan fingerprint density at radius 2 is 1.87 bits per heavy atom. The third kappa shape index (κ3) is 8.56. The van der Waals surface area contributed by atoms with Crippen molar-refractivity contribution in [2.75, 3.05) is 40.3 Å². The van der Waals surface area contributed by atoms with E-state index in [1.807, 2.05) is 0 Å². The molecule has 1 aliphatic carbocycles. The highest BCUT2D eigenvalue weighted by molar-refractivity contribution is 5.79. The molecule has 5 nitrogen and oxygen atoms in total.